The van der Waals surface area contributed by atoms with Gasteiger partial charge in [-0.2, -0.15) is 0 Å². The van der Waals surface area contributed by atoms with Crippen LogP contribution in [0.25, 0.3) is 49.7 Å². The lowest BCUT2D eigenvalue weighted by molar-refractivity contribution is 0.660. The molecule has 53 heavy (non-hydrogen) atoms. The van der Waals surface area contributed by atoms with E-state index in [4.69, 9.17) is 0 Å². The zero-order chi connectivity index (χ0) is 35.5. The van der Waals surface area contributed by atoms with Crippen LogP contribution in [-0.4, -0.2) is 9.55 Å². The highest BCUT2D eigenvalue weighted by Gasteiger charge is 2.36. The fourth-order valence-electron chi connectivity index (χ4n) is 8.77. The van der Waals surface area contributed by atoms with Crippen LogP contribution in [0.4, 0.5) is 11.4 Å². The van der Waals surface area contributed by atoms with Crippen LogP contribution in [0.5, 0.6) is 0 Å². The molecule has 0 aliphatic heterocycles. The summed E-state index contributed by atoms with van der Waals surface area (Å²) in [7, 11) is 0. The molecule has 0 bridgehead atoms. The van der Waals surface area contributed by atoms with Crippen molar-refractivity contribution in [1.82, 2.24) is 9.55 Å². The Bertz CT molecular complexity index is 2720. The third-order valence-electron chi connectivity index (χ3n) is 11.4. The first kappa shape index (κ1) is 31.3. The third-order valence-corrected chi connectivity index (χ3v) is 11.4. The molecule has 2 aromatic heterocycles. The van der Waals surface area contributed by atoms with Gasteiger partial charge in [-0.25, -0.2) is 0 Å². The molecule has 0 radical (unpaired) electrons. The normalized spacial score (nSPS) is 15.7. The predicted octanol–water partition coefficient (Wildman–Crippen LogP) is 12.9. The standard InChI is InChI=1S/C50H39N3/c1-50(2)46-19-8-6-17-42(46)43-27-26-41(32-47(43)50)52(40-16-10-12-35(30-40)37-13-11-29-51-33-37)39-24-21-34(22-25-39)36-23-28-49-45(31-36)44-18-7-9-20-48(44)53(49)38-14-4-3-5-15-38/h3-29,31-33,35H,30H2,1-2H3. The Balaban J connectivity index is 1.06. The van der Waals surface area contributed by atoms with Gasteiger partial charge in [-0.15, -0.1) is 0 Å². The second-order valence-corrected chi connectivity index (χ2v) is 14.8. The fraction of sp³-hybridized carbons (Fsp3) is 0.100. The molecule has 8 aromatic rings. The summed E-state index contributed by atoms with van der Waals surface area (Å²) in [6, 6.07) is 55.6. The average Bonchev–Trinajstić information content (AvgIpc) is 3.67. The summed E-state index contributed by atoms with van der Waals surface area (Å²) < 4.78 is 2.37. The lowest BCUT2D eigenvalue weighted by atomic mass is 9.82. The molecular formula is C50H39N3. The van der Waals surface area contributed by atoms with E-state index in [1.165, 1.54) is 77.8 Å². The van der Waals surface area contributed by atoms with Gasteiger partial charge in [-0.1, -0.05) is 117 Å². The summed E-state index contributed by atoms with van der Waals surface area (Å²) in [5, 5.41) is 2.52. The number of anilines is 2. The Hall–Kier alpha value is -6.45. The fourth-order valence-corrected chi connectivity index (χ4v) is 8.77. The Morgan fingerprint density at radius 3 is 2.21 bits per heavy atom. The van der Waals surface area contributed by atoms with Crippen molar-refractivity contribution in [3.8, 4) is 27.9 Å². The maximum Gasteiger partial charge on any atom is 0.0541 e. The Morgan fingerprint density at radius 2 is 1.36 bits per heavy atom. The molecule has 2 aliphatic rings. The van der Waals surface area contributed by atoms with Gasteiger partial charge in [0.25, 0.3) is 0 Å². The van der Waals surface area contributed by atoms with E-state index in [-0.39, 0.29) is 11.3 Å². The number of fused-ring (bicyclic) bond motifs is 6. The van der Waals surface area contributed by atoms with Crippen molar-refractivity contribution in [2.75, 3.05) is 4.90 Å². The minimum absolute atomic E-state index is 0.0845. The Labute approximate surface area is 310 Å². The largest absolute Gasteiger partial charge is 0.314 e. The molecular weight excluding hydrogens is 643 g/mol. The molecule has 1 atom stereocenters. The molecule has 1 unspecified atom stereocenters. The van der Waals surface area contributed by atoms with Crippen LogP contribution in [0.2, 0.25) is 0 Å². The summed E-state index contributed by atoms with van der Waals surface area (Å²) in [5.74, 6) is 0.255. The second kappa shape index (κ2) is 12.4. The molecule has 0 saturated heterocycles. The molecule has 2 heterocycles. The number of rotatable bonds is 6. The highest BCUT2D eigenvalue weighted by atomic mass is 15.1. The van der Waals surface area contributed by atoms with Crippen LogP contribution >= 0.6 is 0 Å². The van der Waals surface area contributed by atoms with E-state index >= 15 is 0 Å². The van der Waals surface area contributed by atoms with Crippen molar-refractivity contribution in [2.24, 2.45) is 0 Å². The summed E-state index contributed by atoms with van der Waals surface area (Å²) in [6.45, 7) is 4.71. The Morgan fingerprint density at radius 1 is 0.623 bits per heavy atom. The zero-order valence-electron chi connectivity index (χ0n) is 29.9. The minimum atomic E-state index is -0.0845. The van der Waals surface area contributed by atoms with Gasteiger partial charge in [0.05, 0.1) is 11.0 Å². The quantitative estimate of drug-likeness (QED) is 0.174. The molecule has 10 rings (SSSR count). The molecule has 2 aliphatic carbocycles. The first-order chi connectivity index (χ1) is 26.0. The number of hydrogen-bond acceptors (Lipinski definition) is 2. The van der Waals surface area contributed by atoms with Crippen LogP contribution in [0, 0.1) is 0 Å². The first-order valence-electron chi connectivity index (χ1n) is 18.6. The third kappa shape index (κ3) is 5.15. The number of allylic oxidation sites excluding steroid dienone is 4. The lowest BCUT2D eigenvalue weighted by Crippen LogP contribution is -2.21. The van der Waals surface area contributed by atoms with Crippen molar-refractivity contribution in [3.05, 3.63) is 205 Å². The van der Waals surface area contributed by atoms with Crippen LogP contribution < -0.4 is 4.90 Å². The first-order valence-corrected chi connectivity index (χ1v) is 18.6. The van der Waals surface area contributed by atoms with E-state index in [9.17, 15) is 0 Å². The van der Waals surface area contributed by atoms with Gasteiger partial charge in [-0.05, 0) is 112 Å². The summed E-state index contributed by atoms with van der Waals surface area (Å²) in [6.07, 6.45) is 11.5. The van der Waals surface area contributed by atoms with Crippen LogP contribution in [0.3, 0.4) is 0 Å². The zero-order valence-corrected chi connectivity index (χ0v) is 29.9. The summed E-state index contributed by atoms with van der Waals surface area (Å²) >= 11 is 0. The van der Waals surface area contributed by atoms with Crippen molar-refractivity contribution in [1.29, 1.82) is 0 Å². The van der Waals surface area contributed by atoms with Gasteiger partial charge in [0.15, 0.2) is 0 Å². The van der Waals surface area contributed by atoms with E-state index in [1.54, 1.807) is 0 Å². The van der Waals surface area contributed by atoms with E-state index in [0.29, 0.717) is 0 Å². The summed E-state index contributed by atoms with van der Waals surface area (Å²) in [5.41, 5.74) is 16.2. The number of nitrogens with zero attached hydrogens (tertiary/aromatic N) is 3. The average molecular weight is 682 g/mol. The van der Waals surface area contributed by atoms with Gasteiger partial charge in [-0.3, -0.25) is 4.98 Å². The molecule has 0 spiro atoms. The molecule has 0 saturated carbocycles. The monoisotopic (exact) mass is 681 g/mol. The number of aromatic nitrogens is 2. The molecule has 0 N–H and O–H groups in total. The van der Waals surface area contributed by atoms with Crippen LogP contribution in [0.1, 0.15) is 42.9 Å². The van der Waals surface area contributed by atoms with Crippen molar-refractivity contribution in [3.63, 3.8) is 0 Å². The van der Waals surface area contributed by atoms with Crippen LogP contribution in [-0.2, 0) is 5.41 Å². The maximum atomic E-state index is 4.44. The minimum Gasteiger partial charge on any atom is -0.314 e. The molecule has 3 nitrogen and oxygen atoms in total. The number of benzene rings is 6. The van der Waals surface area contributed by atoms with Crippen molar-refractivity contribution >= 4 is 33.2 Å². The SMILES string of the molecule is CC1(C)c2ccccc2-c2ccc(N(C3=CC=CC(c4cccnc4)C3)c3ccc(-c4ccc5c(c4)c4ccccc4n5-c4ccccc4)cc3)cc21. The number of para-hydroxylation sites is 2. The Kier molecular flexibility index (Phi) is 7.29. The molecule has 0 amide bonds. The smallest absolute Gasteiger partial charge is 0.0541 e. The van der Waals surface area contributed by atoms with Gasteiger partial charge in [0, 0.05) is 57.3 Å². The van der Waals surface area contributed by atoms with Crippen molar-refractivity contribution < 1.29 is 0 Å². The highest BCUT2D eigenvalue weighted by Crippen LogP contribution is 2.50. The predicted molar refractivity (Wildman–Crippen MR) is 221 cm³/mol. The second-order valence-electron chi connectivity index (χ2n) is 14.8. The lowest BCUT2D eigenvalue weighted by Gasteiger charge is -2.32. The van der Waals surface area contributed by atoms with E-state index in [0.717, 1.165) is 12.1 Å². The van der Waals surface area contributed by atoms with Gasteiger partial charge in [0.1, 0.15) is 0 Å². The molecule has 3 heteroatoms. The highest BCUT2D eigenvalue weighted by molar-refractivity contribution is 6.10. The van der Waals surface area contributed by atoms with Gasteiger partial charge in [0.2, 0.25) is 0 Å². The van der Waals surface area contributed by atoms with Gasteiger partial charge < -0.3 is 9.47 Å². The van der Waals surface area contributed by atoms with E-state index in [1.807, 2.05) is 18.5 Å². The molecule has 6 aromatic carbocycles. The van der Waals surface area contributed by atoms with E-state index in [2.05, 4.69) is 192 Å². The maximum absolute atomic E-state index is 4.44. The van der Waals surface area contributed by atoms with Crippen LogP contribution in [0.15, 0.2) is 188 Å². The molecule has 254 valence electrons. The summed E-state index contributed by atoms with van der Waals surface area (Å²) in [4.78, 5) is 6.91. The van der Waals surface area contributed by atoms with E-state index < -0.39 is 0 Å². The van der Waals surface area contributed by atoms with Gasteiger partial charge >= 0.3 is 0 Å². The molecule has 0 fully saturated rings. The van der Waals surface area contributed by atoms with Crippen molar-refractivity contribution in [2.45, 2.75) is 31.6 Å². The number of pyridine rings is 1. The topological polar surface area (TPSA) is 21.1 Å². The number of hydrogen-bond donors (Lipinski definition) is 0.